The van der Waals surface area contributed by atoms with Crippen molar-refractivity contribution in [2.24, 2.45) is 21.9 Å². The molecule has 310 valence electrons. The minimum Gasteiger partial charge on any atom is -0.481 e. The highest BCUT2D eigenvalue weighted by molar-refractivity contribution is 5.90. The second kappa shape index (κ2) is 30.0. The van der Waals surface area contributed by atoms with Gasteiger partial charge >= 0.3 is 5.97 Å². The average molecular weight is 749 g/mol. The van der Waals surface area contributed by atoms with Gasteiger partial charge in [-0.25, -0.2) is 5.48 Å². The number of hydroxylamine groups is 1. The van der Waals surface area contributed by atoms with Crippen LogP contribution >= 0.6 is 0 Å². The largest absolute Gasteiger partial charge is 0.481 e. The van der Waals surface area contributed by atoms with Crippen molar-refractivity contribution in [2.75, 3.05) is 59.2 Å². The fraction of sp³-hybridized carbons (Fsp3) is 0.895. The van der Waals surface area contributed by atoms with Crippen molar-refractivity contribution in [3.63, 3.8) is 0 Å². The number of amides is 2. The molecule has 0 heterocycles. The topological polar surface area (TPSA) is 203 Å². The quantitative estimate of drug-likeness (QED) is 0.0212. The molecular weight excluding hydrogens is 668 g/mol. The molecule has 0 aromatic heterocycles. The highest BCUT2D eigenvalue weighted by Crippen LogP contribution is 2.20. The van der Waals surface area contributed by atoms with E-state index in [-0.39, 0.29) is 54.1 Å². The van der Waals surface area contributed by atoms with Gasteiger partial charge in [0.2, 0.25) is 11.8 Å². The highest BCUT2D eigenvalue weighted by atomic mass is 16.5. The van der Waals surface area contributed by atoms with Crippen molar-refractivity contribution < 1.29 is 39.4 Å². The number of aliphatic carboxylic acids is 1. The van der Waals surface area contributed by atoms with E-state index >= 15 is 0 Å². The van der Waals surface area contributed by atoms with Gasteiger partial charge in [0, 0.05) is 48.8 Å². The van der Waals surface area contributed by atoms with Crippen molar-refractivity contribution in [2.45, 2.75) is 146 Å². The Hall–Kier alpha value is -2.36. The fourth-order valence-electron chi connectivity index (χ4n) is 4.69. The van der Waals surface area contributed by atoms with Gasteiger partial charge in [0.05, 0.1) is 44.1 Å². The number of nitrogens with zero attached hydrogens (tertiary/aromatic N) is 1. The van der Waals surface area contributed by atoms with Crippen LogP contribution in [0.15, 0.2) is 5.16 Å². The number of hydrogen-bond acceptors (Lipinski definition) is 11. The SMILES string of the molecule is C/C(=N/O)C(C)(C)NCCC(CCNC(=O)CCCC(=O)NCC(C)(C)COCC(C)(C)COCCC(=O)O)CCNC(C)(C)CNO.CC.CC. The van der Waals surface area contributed by atoms with E-state index in [2.05, 4.69) is 31.9 Å². The molecule has 1 atom stereocenters. The molecule has 0 aromatic carbocycles. The Morgan fingerprint density at radius 2 is 1.19 bits per heavy atom. The molecular formula is C38H80N6O8. The Morgan fingerprint density at radius 1 is 0.692 bits per heavy atom. The van der Waals surface area contributed by atoms with E-state index in [4.69, 9.17) is 25.0 Å². The van der Waals surface area contributed by atoms with Gasteiger partial charge in [-0.1, -0.05) is 60.5 Å². The van der Waals surface area contributed by atoms with Crippen molar-refractivity contribution >= 4 is 23.5 Å². The molecule has 0 aliphatic carbocycles. The summed E-state index contributed by atoms with van der Waals surface area (Å²) in [5.41, 5.74) is 1.57. The standard InChI is InChI=1S/C34H68N6O8.2C2H6/c1-26(40-46)34(8,9)38-19-15-27(14-18-37-33(6,7)22-39-45)13-17-35-28(41)11-10-12-29(42)36-21-31(2,3)23-48-25-32(4,5)24-47-20-16-30(43)44;2*1-2/h27,37-39,45-46H,10-25H2,1-9H3,(H,35,41)(H,36,42)(H,43,44);2*1-2H3/b40-26-;;. The average Bonchev–Trinajstić information content (AvgIpc) is 3.06. The minimum atomic E-state index is -0.888. The van der Waals surface area contributed by atoms with E-state index in [1.165, 1.54) is 0 Å². The summed E-state index contributed by atoms with van der Waals surface area (Å²) in [4.78, 5) is 35.6. The van der Waals surface area contributed by atoms with Gasteiger partial charge in [0.25, 0.3) is 0 Å². The molecule has 0 saturated carbocycles. The van der Waals surface area contributed by atoms with Gasteiger partial charge in [0.1, 0.15) is 0 Å². The van der Waals surface area contributed by atoms with Crippen molar-refractivity contribution in [1.29, 1.82) is 0 Å². The summed E-state index contributed by atoms with van der Waals surface area (Å²) in [5.74, 6) is -0.743. The molecule has 0 aliphatic rings. The number of carboxylic acid groups (broad SMARTS) is 1. The van der Waals surface area contributed by atoms with Crippen LogP contribution in [0.2, 0.25) is 0 Å². The lowest BCUT2D eigenvalue weighted by Crippen LogP contribution is -2.48. The molecule has 0 spiro atoms. The normalized spacial score (nSPS) is 12.9. The van der Waals surface area contributed by atoms with Gasteiger partial charge in [-0.3, -0.25) is 14.4 Å². The molecule has 1 unspecified atom stereocenters. The van der Waals surface area contributed by atoms with E-state index in [0.717, 1.165) is 32.4 Å². The predicted molar refractivity (Wildman–Crippen MR) is 210 cm³/mol. The van der Waals surface area contributed by atoms with Crippen LogP contribution in [0, 0.1) is 16.7 Å². The zero-order valence-electron chi connectivity index (χ0n) is 35.2. The molecule has 52 heavy (non-hydrogen) atoms. The molecule has 0 aromatic rings. The molecule has 0 bridgehead atoms. The van der Waals surface area contributed by atoms with Gasteiger partial charge in [0.15, 0.2) is 0 Å². The third-order valence-electron chi connectivity index (χ3n) is 8.24. The van der Waals surface area contributed by atoms with Crippen LogP contribution in [-0.2, 0) is 23.9 Å². The maximum Gasteiger partial charge on any atom is 0.305 e. The van der Waals surface area contributed by atoms with Crippen LogP contribution < -0.4 is 26.7 Å². The Morgan fingerprint density at radius 3 is 1.73 bits per heavy atom. The first-order chi connectivity index (χ1) is 24.2. The third-order valence-corrected chi connectivity index (χ3v) is 8.24. The lowest BCUT2D eigenvalue weighted by molar-refractivity contribution is -0.138. The third kappa shape index (κ3) is 31.2. The van der Waals surface area contributed by atoms with Crippen LogP contribution in [0.5, 0.6) is 0 Å². The van der Waals surface area contributed by atoms with Gasteiger partial charge in [-0.15, -0.1) is 0 Å². The lowest BCUT2D eigenvalue weighted by Gasteiger charge is -2.29. The number of hydrogen-bond donors (Lipinski definition) is 8. The fourth-order valence-corrected chi connectivity index (χ4v) is 4.69. The zero-order valence-corrected chi connectivity index (χ0v) is 35.2. The van der Waals surface area contributed by atoms with E-state index in [1.54, 1.807) is 6.92 Å². The van der Waals surface area contributed by atoms with Crippen LogP contribution in [0.3, 0.4) is 0 Å². The summed E-state index contributed by atoms with van der Waals surface area (Å²) in [6.07, 6.45) is 3.52. The molecule has 0 rings (SSSR count). The molecule has 14 heteroatoms. The summed E-state index contributed by atoms with van der Waals surface area (Å²) < 4.78 is 11.4. The summed E-state index contributed by atoms with van der Waals surface area (Å²) in [7, 11) is 0. The monoisotopic (exact) mass is 749 g/mol. The number of carboxylic acids is 1. The highest BCUT2D eigenvalue weighted by Gasteiger charge is 2.25. The van der Waals surface area contributed by atoms with Gasteiger partial charge < -0.3 is 46.3 Å². The smallest absolute Gasteiger partial charge is 0.305 e. The first-order valence-corrected chi connectivity index (χ1v) is 19.2. The van der Waals surface area contributed by atoms with E-state index in [9.17, 15) is 14.4 Å². The number of nitrogens with one attached hydrogen (secondary N) is 5. The summed E-state index contributed by atoms with van der Waals surface area (Å²) >= 11 is 0. The van der Waals surface area contributed by atoms with Crippen molar-refractivity contribution in [1.82, 2.24) is 26.7 Å². The Balaban J connectivity index is -0.00000578. The van der Waals surface area contributed by atoms with Gasteiger partial charge in [-0.05, 0) is 79.3 Å². The first-order valence-electron chi connectivity index (χ1n) is 19.2. The summed E-state index contributed by atoms with van der Waals surface area (Å²) in [5, 5.41) is 43.1. The molecule has 0 fully saturated rings. The molecule has 0 aliphatic heterocycles. The molecule has 2 amide bonds. The number of oxime groups is 1. The van der Waals surface area contributed by atoms with Crippen LogP contribution in [0.1, 0.15) is 135 Å². The Bertz CT molecular complexity index is 973. The number of rotatable bonds is 29. The van der Waals surface area contributed by atoms with E-state index < -0.39 is 11.5 Å². The van der Waals surface area contributed by atoms with Crippen molar-refractivity contribution in [3.05, 3.63) is 0 Å². The molecule has 0 saturated heterocycles. The van der Waals surface area contributed by atoms with Gasteiger partial charge in [-0.2, -0.15) is 0 Å². The van der Waals surface area contributed by atoms with Crippen molar-refractivity contribution in [3.8, 4) is 0 Å². The molecule has 0 radical (unpaired) electrons. The summed E-state index contributed by atoms with van der Waals surface area (Å²) in [6.45, 7) is 30.1. The Labute approximate surface area is 316 Å². The Kier molecular flexibility index (Phi) is 31.2. The number of carbonyl (C=O) groups is 3. The van der Waals surface area contributed by atoms with E-state index in [1.807, 2.05) is 83.1 Å². The van der Waals surface area contributed by atoms with Crippen LogP contribution in [0.25, 0.3) is 0 Å². The second-order valence-electron chi connectivity index (χ2n) is 15.6. The lowest BCUT2D eigenvalue weighted by atomic mass is 9.93. The van der Waals surface area contributed by atoms with Crippen LogP contribution in [-0.4, -0.2) is 109 Å². The minimum absolute atomic E-state index is 0.0284. The maximum absolute atomic E-state index is 12.5. The predicted octanol–water partition coefficient (Wildman–Crippen LogP) is 5.35. The van der Waals surface area contributed by atoms with E-state index in [0.29, 0.717) is 57.5 Å². The maximum atomic E-state index is 12.5. The zero-order chi connectivity index (χ0) is 40.9. The second-order valence-corrected chi connectivity index (χ2v) is 15.6. The number of carbonyl (C=O) groups excluding carboxylic acids is 2. The molecule has 8 N–H and O–H groups in total. The first kappa shape index (κ1) is 54.0. The summed E-state index contributed by atoms with van der Waals surface area (Å²) in [6, 6.07) is 0. The molecule has 14 nitrogen and oxygen atoms in total. The number of ether oxygens (including phenoxy) is 2. The van der Waals surface area contributed by atoms with Crippen LogP contribution in [0.4, 0.5) is 0 Å².